The summed E-state index contributed by atoms with van der Waals surface area (Å²) in [6.07, 6.45) is 2.74. The molecule has 0 radical (unpaired) electrons. The lowest BCUT2D eigenvalue weighted by Gasteiger charge is -2.38. The van der Waals surface area contributed by atoms with Crippen LogP contribution in [0.1, 0.15) is 31.9 Å². The first kappa shape index (κ1) is 16.7. The Bertz CT molecular complexity index is 1100. The van der Waals surface area contributed by atoms with Crippen molar-refractivity contribution in [3.8, 4) is 22.9 Å². The van der Waals surface area contributed by atoms with Gasteiger partial charge < -0.3 is 9.73 Å². The van der Waals surface area contributed by atoms with Crippen LogP contribution >= 0.6 is 0 Å². The monoisotopic (exact) mass is 371 g/mol. The van der Waals surface area contributed by atoms with Gasteiger partial charge in [-0.1, -0.05) is 48.5 Å². The van der Waals surface area contributed by atoms with E-state index in [0.717, 1.165) is 23.4 Å². The van der Waals surface area contributed by atoms with Gasteiger partial charge in [0.25, 0.3) is 5.89 Å². The fraction of sp³-hybridized carbons (Fsp3) is 0.227. The van der Waals surface area contributed by atoms with Crippen LogP contribution < -0.4 is 5.32 Å². The van der Waals surface area contributed by atoms with Gasteiger partial charge in [0.15, 0.2) is 0 Å². The van der Waals surface area contributed by atoms with Gasteiger partial charge in [-0.3, -0.25) is 0 Å². The molecule has 1 aliphatic heterocycles. The van der Waals surface area contributed by atoms with Gasteiger partial charge in [-0.05, 0) is 38.0 Å². The van der Waals surface area contributed by atoms with Crippen molar-refractivity contribution in [2.24, 2.45) is 0 Å². The molecule has 0 fully saturated rings. The van der Waals surface area contributed by atoms with Gasteiger partial charge in [0, 0.05) is 5.56 Å². The van der Waals surface area contributed by atoms with E-state index in [1.807, 2.05) is 41.1 Å². The molecule has 1 unspecified atom stereocenters. The zero-order valence-corrected chi connectivity index (χ0v) is 15.8. The van der Waals surface area contributed by atoms with Crippen LogP contribution in [0.25, 0.3) is 22.9 Å². The summed E-state index contributed by atoms with van der Waals surface area (Å²) < 4.78 is 8.00. The first-order valence-electron chi connectivity index (χ1n) is 9.41. The predicted octanol–water partition coefficient (Wildman–Crippen LogP) is 4.89. The average molecular weight is 371 g/mol. The fourth-order valence-electron chi connectivity index (χ4n) is 3.82. The highest BCUT2D eigenvalue weighted by Gasteiger charge is 2.36. The van der Waals surface area contributed by atoms with E-state index in [1.165, 1.54) is 5.56 Å². The second-order valence-corrected chi connectivity index (χ2v) is 7.72. The molecule has 6 nitrogen and oxygen atoms in total. The van der Waals surface area contributed by atoms with Crippen LogP contribution in [0.3, 0.4) is 0 Å². The Hall–Kier alpha value is -3.41. The minimum atomic E-state index is -0.137. The van der Waals surface area contributed by atoms with Gasteiger partial charge in [0.1, 0.15) is 11.4 Å². The van der Waals surface area contributed by atoms with Gasteiger partial charge in [-0.15, -0.1) is 10.2 Å². The second-order valence-electron chi connectivity index (χ2n) is 7.72. The summed E-state index contributed by atoms with van der Waals surface area (Å²) in [4.78, 5) is 0. The van der Waals surface area contributed by atoms with Crippen LogP contribution in [-0.4, -0.2) is 20.0 Å². The molecule has 0 saturated carbocycles. The molecular formula is C22H21N5O. The Balaban J connectivity index is 1.54. The molecule has 0 spiro atoms. The van der Waals surface area contributed by atoms with Gasteiger partial charge in [0.05, 0.1) is 17.8 Å². The Labute approximate surface area is 163 Å². The zero-order valence-electron chi connectivity index (χ0n) is 15.8. The number of anilines is 1. The van der Waals surface area contributed by atoms with Crippen LogP contribution in [0.5, 0.6) is 0 Å². The summed E-state index contributed by atoms with van der Waals surface area (Å²) >= 11 is 0. The molecule has 5 rings (SSSR count). The minimum Gasteiger partial charge on any atom is -0.416 e. The summed E-state index contributed by atoms with van der Waals surface area (Å²) in [5, 5.41) is 16.8. The molecule has 0 aliphatic carbocycles. The molecular weight excluding hydrogens is 350 g/mol. The van der Waals surface area contributed by atoms with Crippen molar-refractivity contribution in [2.45, 2.75) is 31.8 Å². The molecule has 0 amide bonds. The third-order valence-corrected chi connectivity index (χ3v) is 5.24. The molecule has 2 aromatic heterocycles. The molecule has 0 saturated heterocycles. The summed E-state index contributed by atoms with van der Waals surface area (Å²) in [5.41, 5.74) is 2.84. The first-order chi connectivity index (χ1) is 13.6. The molecule has 3 heterocycles. The zero-order chi connectivity index (χ0) is 19.1. The van der Waals surface area contributed by atoms with Gasteiger partial charge in [0.2, 0.25) is 5.89 Å². The van der Waals surface area contributed by atoms with Crippen LogP contribution in [0.4, 0.5) is 5.82 Å². The van der Waals surface area contributed by atoms with Crippen molar-refractivity contribution in [3.05, 3.63) is 72.4 Å². The molecule has 4 aromatic rings. The first-order valence-corrected chi connectivity index (χ1v) is 9.41. The van der Waals surface area contributed by atoms with E-state index in [0.29, 0.717) is 11.8 Å². The maximum Gasteiger partial charge on any atom is 0.253 e. The van der Waals surface area contributed by atoms with Crippen LogP contribution in [0, 0.1) is 0 Å². The van der Waals surface area contributed by atoms with E-state index in [2.05, 4.69) is 58.7 Å². The maximum absolute atomic E-state index is 5.97. The highest BCUT2D eigenvalue weighted by molar-refractivity contribution is 5.71. The van der Waals surface area contributed by atoms with Crippen molar-refractivity contribution in [2.75, 3.05) is 5.32 Å². The van der Waals surface area contributed by atoms with Gasteiger partial charge in [-0.2, -0.15) is 5.10 Å². The molecule has 0 bridgehead atoms. The largest absolute Gasteiger partial charge is 0.416 e. The minimum absolute atomic E-state index is 0.137. The maximum atomic E-state index is 5.97. The molecule has 1 aliphatic rings. The lowest BCUT2D eigenvalue weighted by atomic mass is 9.89. The molecule has 6 heteroatoms. The Kier molecular flexibility index (Phi) is 3.79. The molecule has 1 atom stereocenters. The standard InChI is InChI=1S/C22H21N5O/c1-22(2)13-18(15-9-5-3-6-10-15)24-19-17(14-23-27(19)22)21-26-25-20(28-21)16-11-7-4-8-12-16/h3-12,14,18,24H,13H2,1-2H3. The third kappa shape index (κ3) is 2.78. The molecule has 2 aromatic carbocycles. The lowest BCUT2D eigenvalue weighted by Crippen LogP contribution is -2.37. The SMILES string of the molecule is CC1(C)CC(c2ccccc2)Nc2c(-c3nnc(-c4ccccc4)o3)cnn21. The summed E-state index contributed by atoms with van der Waals surface area (Å²) in [7, 11) is 0. The molecule has 140 valence electrons. The fourth-order valence-corrected chi connectivity index (χ4v) is 3.82. The Morgan fingerprint density at radius 1 is 0.964 bits per heavy atom. The normalized spacial score (nSPS) is 17.7. The van der Waals surface area contributed by atoms with E-state index in [-0.39, 0.29) is 11.6 Å². The highest BCUT2D eigenvalue weighted by Crippen LogP contribution is 2.42. The number of rotatable bonds is 3. The van der Waals surface area contributed by atoms with E-state index in [1.54, 1.807) is 6.20 Å². The number of aromatic nitrogens is 4. The predicted molar refractivity (Wildman–Crippen MR) is 108 cm³/mol. The quantitative estimate of drug-likeness (QED) is 0.555. The highest BCUT2D eigenvalue weighted by atomic mass is 16.4. The smallest absolute Gasteiger partial charge is 0.253 e. The number of fused-ring (bicyclic) bond motifs is 1. The average Bonchev–Trinajstić information content (AvgIpc) is 3.36. The van der Waals surface area contributed by atoms with Crippen molar-refractivity contribution >= 4 is 5.82 Å². The number of nitrogens with zero attached hydrogens (tertiary/aromatic N) is 4. The number of nitrogens with one attached hydrogen (secondary N) is 1. The van der Waals surface area contributed by atoms with Crippen LogP contribution in [-0.2, 0) is 5.54 Å². The number of hydrogen-bond donors (Lipinski definition) is 1. The summed E-state index contributed by atoms with van der Waals surface area (Å²) in [6.45, 7) is 4.40. The summed E-state index contributed by atoms with van der Waals surface area (Å²) in [5.74, 6) is 1.88. The van der Waals surface area contributed by atoms with E-state index < -0.39 is 0 Å². The van der Waals surface area contributed by atoms with E-state index >= 15 is 0 Å². The van der Waals surface area contributed by atoms with E-state index in [4.69, 9.17) is 4.42 Å². The van der Waals surface area contributed by atoms with Gasteiger partial charge >= 0.3 is 0 Å². The summed E-state index contributed by atoms with van der Waals surface area (Å²) in [6, 6.07) is 20.5. The topological polar surface area (TPSA) is 68.8 Å². The van der Waals surface area contributed by atoms with Crippen molar-refractivity contribution in [1.82, 2.24) is 20.0 Å². The third-order valence-electron chi connectivity index (χ3n) is 5.24. The van der Waals surface area contributed by atoms with Crippen molar-refractivity contribution < 1.29 is 4.42 Å². The van der Waals surface area contributed by atoms with Crippen molar-refractivity contribution in [3.63, 3.8) is 0 Å². The number of benzene rings is 2. The molecule has 28 heavy (non-hydrogen) atoms. The Morgan fingerprint density at radius 3 is 2.39 bits per heavy atom. The van der Waals surface area contributed by atoms with E-state index in [9.17, 15) is 0 Å². The molecule has 1 N–H and O–H groups in total. The lowest BCUT2D eigenvalue weighted by molar-refractivity contribution is 0.263. The number of hydrogen-bond acceptors (Lipinski definition) is 5. The van der Waals surface area contributed by atoms with Gasteiger partial charge in [-0.25, -0.2) is 4.68 Å². The second kappa shape index (κ2) is 6.34. The van der Waals surface area contributed by atoms with Crippen LogP contribution in [0.15, 0.2) is 71.3 Å². The Morgan fingerprint density at radius 2 is 1.64 bits per heavy atom. The van der Waals surface area contributed by atoms with Crippen LogP contribution in [0.2, 0.25) is 0 Å². The van der Waals surface area contributed by atoms with Crippen molar-refractivity contribution in [1.29, 1.82) is 0 Å².